The molecule has 292 valence electrons. The van der Waals surface area contributed by atoms with Crippen LogP contribution in [0.4, 0.5) is 5.69 Å². The van der Waals surface area contributed by atoms with Crippen molar-refractivity contribution in [3.8, 4) is 0 Å². The van der Waals surface area contributed by atoms with Crippen LogP contribution in [0.1, 0.15) is 74.6 Å². The maximum absolute atomic E-state index is 12.0. The lowest BCUT2D eigenvalue weighted by Crippen LogP contribution is -2.35. The van der Waals surface area contributed by atoms with E-state index in [1.165, 1.54) is 10.2 Å². The molecule has 54 heavy (non-hydrogen) atoms. The Labute approximate surface area is 332 Å². The van der Waals surface area contributed by atoms with E-state index in [1.54, 1.807) is 23.0 Å². The zero-order valence-electron chi connectivity index (χ0n) is 30.1. The van der Waals surface area contributed by atoms with Gasteiger partial charge in [0.05, 0.1) is 38.3 Å². The quantitative estimate of drug-likeness (QED) is 0.139. The van der Waals surface area contributed by atoms with Crippen LogP contribution in [-0.4, -0.2) is 81.3 Å². The Balaban J connectivity index is 0.000000138. The molecule has 2 saturated heterocycles. The SMILES string of the molecule is CN(C)c1ccccc1.Clc1cc(C2CCC3(CC2)OCCO3)nc2ccnn12.O=P(Cl)(Cl)Cl.O=c1cc(C2CCC3(CC2)OCCO3)nc2cc[nH]n12. The predicted molar refractivity (Wildman–Crippen MR) is 211 cm³/mol. The van der Waals surface area contributed by atoms with E-state index in [-0.39, 0.29) is 17.1 Å². The molecular weight excluding hydrogens is 799 g/mol. The molecule has 4 fully saturated rings. The highest BCUT2D eigenvalue weighted by Gasteiger charge is 2.42. The summed E-state index contributed by atoms with van der Waals surface area (Å²) in [4.78, 5) is 23.3. The minimum absolute atomic E-state index is 0.0522. The number of rotatable bonds is 3. The van der Waals surface area contributed by atoms with Crippen molar-refractivity contribution in [2.45, 2.75) is 74.8 Å². The predicted octanol–water partition coefficient (Wildman–Crippen LogP) is 8.77. The highest BCUT2D eigenvalue weighted by atomic mass is 36.0. The topological polar surface area (TPSA) is 138 Å². The van der Waals surface area contributed by atoms with Gasteiger partial charge in [0.15, 0.2) is 22.9 Å². The highest BCUT2D eigenvalue weighted by Crippen LogP contribution is 2.61. The maximum atomic E-state index is 12.0. The van der Waals surface area contributed by atoms with E-state index in [4.69, 9.17) is 30.5 Å². The largest absolute Gasteiger partial charge is 0.378 e. The molecular formula is C36H44Cl4N7O6P. The zero-order chi connectivity index (χ0) is 38.3. The number of nitrogens with one attached hydrogen (secondary N) is 1. The minimum Gasteiger partial charge on any atom is -0.378 e. The number of nitrogens with zero attached hydrogens (tertiary/aromatic N) is 6. The Morgan fingerprint density at radius 1 is 0.778 bits per heavy atom. The standard InChI is InChI=1S/C14H16ClN3O2.C14H17N3O3.C8H11N.Cl3OP/c15-12-9-11(17-13-3-6-16-18(12)13)10-1-4-14(5-2-10)19-7-8-20-14;18-13-9-11(16-12-3-6-15-17(12)13)10-1-4-14(5-2-10)19-7-8-20-14;1-9(2)8-6-4-3-5-7-8;1-5(2,3)4/h3,6,9-10H,1-2,4-5,7-8H2;3,6,9-10,15H,1-2,4-5,7-8H2;3-7H,1-2H3;. The van der Waals surface area contributed by atoms with Gasteiger partial charge in [-0.05, 0) is 77.6 Å². The number of halogens is 4. The fourth-order valence-electron chi connectivity index (χ4n) is 7.26. The second-order valence-corrected chi connectivity index (χ2v) is 20.7. The monoisotopic (exact) mass is 841 g/mol. The van der Waals surface area contributed by atoms with Crippen LogP contribution in [0.2, 0.25) is 5.15 Å². The van der Waals surface area contributed by atoms with Crippen LogP contribution in [0.3, 0.4) is 0 Å². The molecule has 0 atom stereocenters. The lowest BCUT2D eigenvalue weighted by molar-refractivity contribution is -0.179. The van der Waals surface area contributed by atoms with Gasteiger partial charge in [-0.25, -0.2) is 19.0 Å². The molecule has 0 unspecified atom stereocenters. The highest BCUT2D eigenvalue weighted by molar-refractivity contribution is 8.24. The first-order valence-corrected chi connectivity index (χ1v) is 22.7. The summed E-state index contributed by atoms with van der Waals surface area (Å²) in [6, 6.07) is 17.5. The summed E-state index contributed by atoms with van der Waals surface area (Å²) >= 11 is 20.1. The van der Waals surface area contributed by atoms with Crippen LogP contribution in [0.15, 0.2) is 71.8 Å². The van der Waals surface area contributed by atoms with Gasteiger partial charge >= 0.3 is 5.20 Å². The van der Waals surface area contributed by atoms with Gasteiger partial charge in [-0.2, -0.15) is 5.10 Å². The smallest absolute Gasteiger partial charge is 0.339 e. The fourth-order valence-corrected chi connectivity index (χ4v) is 7.50. The molecule has 2 aliphatic heterocycles. The molecule has 0 bridgehead atoms. The Morgan fingerprint density at radius 3 is 1.78 bits per heavy atom. The molecule has 5 aromatic rings. The van der Waals surface area contributed by atoms with Crippen LogP contribution < -0.4 is 10.5 Å². The number of hydrogen-bond acceptors (Lipinski definition) is 10. The Hall–Kier alpha value is -2.71. The van der Waals surface area contributed by atoms with Gasteiger partial charge in [-0.15, -0.1) is 0 Å². The van der Waals surface area contributed by atoms with Gasteiger partial charge in [0.2, 0.25) is 0 Å². The van der Waals surface area contributed by atoms with Gasteiger partial charge in [-0.1, -0.05) is 29.8 Å². The number of anilines is 1. The van der Waals surface area contributed by atoms with E-state index < -0.39 is 5.20 Å². The molecule has 1 aromatic carbocycles. The van der Waals surface area contributed by atoms with Crippen LogP contribution in [0.5, 0.6) is 0 Å². The molecule has 1 N–H and O–H groups in total. The van der Waals surface area contributed by atoms with Crippen LogP contribution >= 0.6 is 50.5 Å². The number of H-pyrrole nitrogens is 1. The van der Waals surface area contributed by atoms with E-state index in [2.05, 4.69) is 70.9 Å². The van der Waals surface area contributed by atoms with Crippen molar-refractivity contribution in [2.75, 3.05) is 45.4 Å². The van der Waals surface area contributed by atoms with Crippen molar-refractivity contribution in [2.24, 2.45) is 0 Å². The fraction of sp³-hybridized carbons (Fsp3) is 0.500. The van der Waals surface area contributed by atoms with Gasteiger partial charge in [0.25, 0.3) is 5.56 Å². The second-order valence-electron chi connectivity index (χ2n) is 13.7. The lowest BCUT2D eigenvalue weighted by atomic mass is 9.83. The molecule has 2 spiro atoms. The molecule has 18 heteroatoms. The first-order valence-electron chi connectivity index (χ1n) is 17.9. The molecule has 4 aliphatic rings. The number of fused-ring (bicyclic) bond motifs is 2. The number of aromatic nitrogens is 6. The zero-order valence-corrected chi connectivity index (χ0v) is 34.0. The van der Waals surface area contributed by atoms with Crippen molar-refractivity contribution in [1.29, 1.82) is 0 Å². The maximum Gasteiger partial charge on any atom is 0.339 e. The average molecular weight is 844 g/mol. The van der Waals surface area contributed by atoms with Gasteiger partial charge in [0, 0.05) is 87.4 Å². The van der Waals surface area contributed by atoms with Crippen LogP contribution in [0, 0.1) is 0 Å². The van der Waals surface area contributed by atoms with Crippen molar-refractivity contribution in [1.82, 2.24) is 29.2 Å². The lowest BCUT2D eigenvalue weighted by Gasteiger charge is -2.35. The van der Waals surface area contributed by atoms with E-state index in [1.807, 2.05) is 50.5 Å². The number of benzene rings is 1. The molecule has 4 aromatic heterocycles. The summed E-state index contributed by atoms with van der Waals surface area (Å²) in [6.07, 6.45) is 11.0. The molecule has 9 rings (SSSR count). The Morgan fingerprint density at radius 2 is 1.28 bits per heavy atom. The molecule has 0 radical (unpaired) electrons. The molecule has 2 saturated carbocycles. The summed E-state index contributed by atoms with van der Waals surface area (Å²) in [7, 11) is 4.07. The van der Waals surface area contributed by atoms with E-state index in [0.29, 0.717) is 35.8 Å². The van der Waals surface area contributed by atoms with Crippen molar-refractivity contribution in [3.63, 3.8) is 0 Å². The van der Waals surface area contributed by atoms with Crippen molar-refractivity contribution >= 4 is 67.5 Å². The number of hydrogen-bond donors (Lipinski definition) is 1. The summed E-state index contributed by atoms with van der Waals surface area (Å²) in [6.45, 7) is 2.83. The van der Waals surface area contributed by atoms with Crippen LogP contribution in [-0.2, 0) is 23.5 Å². The normalized spacial score (nSPS) is 20.5. The minimum atomic E-state index is -3.22. The molecule has 6 heterocycles. The first-order chi connectivity index (χ1) is 25.8. The molecule has 0 amide bonds. The first kappa shape index (κ1) is 40.9. The van der Waals surface area contributed by atoms with E-state index in [0.717, 1.165) is 81.6 Å². The second kappa shape index (κ2) is 18.0. The van der Waals surface area contributed by atoms with Crippen molar-refractivity contribution in [3.05, 3.63) is 93.9 Å². The Kier molecular flexibility index (Phi) is 13.7. The van der Waals surface area contributed by atoms with Gasteiger partial charge in [-0.3, -0.25) is 14.5 Å². The third-order valence-electron chi connectivity index (χ3n) is 9.97. The van der Waals surface area contributed by atoms with Gasteiger partial charge in [0.1, 0.15) is 5.15 Å². The number of ether oxygens (including phenoxy) is 4. The number of aromatic amines is 1. The average Bonchev–Trinajstić information content (AvgIpc) is 3.98. The van der Waals surface area contributed by atoms with Gasteiger partial charge < -0.3 is 23.8 Å². The third kappa shape index (κ3) is 10.8. The van der Waals surface area contributed by atoms with E-state index in [9.17, 15) is 9.36 Å². The summed E-state index contributed by atoms with van der Waals surface area (Å²) in [5, 5.41) is 4.40. The third-order valence-corrected chi connectivity index (χ3v) is 10.2. The summed E-state index contributed by atoms with van der Waals surface area (Å²) < 4.78 is 35.6. The summed E-state index contributed by atoms with van der Waals surface area (Å²) in [5.74, 6) is 0.0666. The molecule has 13 nitrogen and oxygen atoms in total. The molecule has 2 aliphatic carbocycles. The Bertz CT molecular complexity index is 2050. The van der Waals surface area contributed by atoms with Crippen molar-refractivity contribution < 1.29 is 23.5 Å². The summed E-state index contributed by atoms with van der Waals surface area (Å²) in [5.41, 5.74) is 4.63. The number of para-hydroxylation sites is 1. The van der Waals surface area contributed by atoms with E-state index >= 15 is 0 Å². The van der Waals surface area contributed by atoms with Crippen LogP contribution in [0.25, 0.3) is 11.3 Å².